The van der Waals surface area contributed by atoms with Gasteiger partial charge in [-0.15, -0.1) is 0 Å². The molecule has 0 aromatic carbocycles. The zero-order valence-electron chi connectivity index (χ0n) is 13.4. The topological polar surface area (TPSA) is 116 Å². The van der Waals surface area contributed by atoms with Crippen molar-refractivity contribution >= 4 is 27.7 Å². The Labute approximate surface area is 135 Å². The molecule has 8 nitrogen and oxygen atoms in total. The number of hydrogen-bond donors (Lipinski definition) is 1. The number of nitrogens with one attached hydrogen (secondary N) is 1. The summed E-state index contributed by atoms with van der Waals surface area (Å²) in [4.78, 5) is 34.0. The highest BCUT2D eigenvalue weighted by molar-refractivity contribution is 7.90. The van der Waals surface area contributed by atoms with E-state index in [2.05, 4.69) is 14.2 Å². The number of hydrogen-bond acceptors (Lipinski definition) is 7. The normalized spacial score (nSPS) is 21.5. The summed E-state index contributed by atoms with van der Waals surface area (Å²) < 4.78 is 35.6. The Kier molecular flexibility index (Phi) is 7.63. The van der Waals surface area contributed by atoms with E-state index in [4.69, 9.17) is 0 Å². The van der Waals surface area contributed by atoms with Crippen molar-refractivity contribution < 1.29 is 32.3 Å². The molecule has 1 N–H and O–H groups in total. The molecule has 1 saturated carbocycles. The van der Waals surface area contributed by atoms with E-state index in [1.165, 1.54) is 14.2 Å². The number of carbonyl (C=O) groups excluding carboxylic acids is 3. The van der Waals surface area contributed by atoms with E-state index in [1.807, 2.05) is 0 Å². The van der Waals surface area contributed by atoms with Crippen LogP contribution in [0.15, 0.2) is 0 Å². The molecule has 0 saturated heterocycles. The van der Waals surface area contributed by atoms with Crippen molar-refractivity contribution in [2.24, 2.45) is 5.92 Å². The van der Waals surface area contributed by atoms with E-state index in [0.29, 0.717) is 25.7 Å². The second-order valence-electron chi connectivity index (χ2n) is 5.46. The molecule has 1 rings (SSSR count). The van der Waals surface area contributed by atoms with Gasteiger partial charge >= 0.3 is 11.9 Å². The third-order valence-electron chi connectivity index (χ3n) is 3.97. The van der Waals surface area contributed by atoms with Gasteiger partial charge < -0.3 is 9.47 Å². The Morgan fingerprint density at radius 3 is 2.09 bits per heavy atom. The van der Waals surface area contributed by atoms with Crippen LogP contribution in [0.1, 0.15) is 38.5 Å². The van der Waals surface area contributed by atoms with E-state index in [0.717, 1.165) is 0 Å². The summed E-state index contributed by atoms with van der Waals surface area (Å²) in [6, 6.07) is 0. The van der Waals surface area contributed by atoms with Gasteiger partial charge in [0.25, 0.3) is 0 Å². The van der Waals surface area contributed by atoms with E-state index in [9.17, 15) is 22.8 Å². The number of ether oxygens (including phenoxy) is 2. The molecule has 0 aromatic rings. The number of sulfonamides is 1. The fraction of sp³-hybridized carbons (Fsp3) is 0.786. The van der Waals surface area contributed by atoms with Crippen LogP contribution < -0.4 is 4.72 Å². The molecular weight excluding hydrogens is 326 g/mol. The predicted octanol–water partition coefficient (Wildman–Crippen LogP) is 0.160. The minimum absolute atomic E-state index is 0.00376. The molecule has 0 spiro atoms. The standard InChI is InChI=1S/C14H23NO7S/c1-21-13(17)7-8-15-23(19,20)11-5-3-10(4-6-11)12(16)9-14(18)22-2/h10-11,15H,3-9H2,1-2H3. The van der Waals surface area contributed by atoms with Crippen molar-refractivity contribution in [1.29, 1.82) is 0 Å². The minimum atomic E-state index is -3.52. The Balaban J connectivity index is 2.43. The van der Waals surface area contributed by atoms with Gasteiger partial charge in [0.1, 0.15) is 12.2 Å². The van der Waals surface area contributed by atoms with Crippen LogP contribution in [0.25, 0.3) is 0 Å². The molecule has 0 bridgehead atoms. The van der Waals surface area contributed by atoms with Gasteiger partial charge in [0.15, 0.2) is 0 Å². The smallest absolute Gasteiger partial charge is 0.313 e. The van der Waals surface area contributed by atoms with Crippen molar-refractivity contribution in [2.45, 2.75) is 43.8 Å². The third kappa shape index (κ3) is 6.26. The molecular formula is C14H23NO7S. The first kappa shape index (κ1) is 19.6. The molecule has 1 aliphatic carbocycles. The number of rotatable bonds is 8. The maximum Gasteiger partial charge on any atom is 0.313 e. The van der Waals surface area contributed by atoms with Gasteiger partial charge in [-0.2, -0.15) is 0 Å². The molecule has 132 valence electrons. The lowest BCUT2D eigenvalue weighted by Crippen LogP contribution is -2.39. The monoisotopic (exact) mass is 349 g/mol. The van der Waals surface area contributed by atoms with Crippen LogP contribution in [0.3, 0.4) is 0 Å². The molecule has 1 aliphatic rings. The SMILES string of the molecule is COC(=O)CCNS(=O)(=O)C1CCC(C(=O)CC(=O)OC)CC1. The van der Waals surface area contributed by atoms with Gasteiger partial charge in [-0.3, -0.25) is 14.4 Å². The maximum atomic E-state index is 12.1. The Morgan fingerprint density at radius 2 is 1.57 bits per heavy atom. The molecule has 23 heavy (non-hydrogen) atoms. The molecule has 0 radical (unpaired) electrons. The van der Waals surface area contributed by atoms with Gasteiger partial charge in [-0.25, -0.2) is 13.1 Å². The Hall–Kier alpha value is -1.48. The number of esters is 2. The number of methoxy groups -OCH3 is 2. The molecule has 0 aliphatic heterocycles. The first-order valence-electron chi connectivity index (χ1n) is 7.45. The molecule has 1 fully saturated rings. The molecule has 0 heterocycles. The molecule has 0 amide bonds. The zero-order valence-corrected chi connectivity index (χ0v) is 14.2. The van der Waals surface area contributed by atoms with Crippen molar-refractivity contribution in [3.63, 3.8) is 0 Å². The fourth-order valence-electron chi connectivity index (χ4n) is 2.57. The molecule has 0 aromatic heterocycles. The Morgan fingerprint density at radius 1 is 1.00 bits per heavy atom. The first-order chi connectivity index (χ1) is 10.8. The lowest BCUT2D eigenvalue weighted by Gasteiger charge is -2.27. The lowest BCUT2D eigenvalue weighted by atomic mass is 9.85. The summed E-state index contributed by atoms with van der Waals surface area (Å²) in [6.07, 6.45) is 1.27. The van der Waals surface area contributed by atoms with Crippen LogP contribution in [-0.2, 0) is 33.9 Å². The number of Topliss-reactive ketones (excluding diaryl/α,β-unsaturated/α-hetero) is 1. The summed E-state index contributed by atoms with van der Waals surface area (Å²) in [5, 5.41) is -0.581. The Bertz CT molecular complexity index is 535. The van der Waals surface area contributed by atoms with Gasteiger partial charge in [0.2, 0.25) is 10.0 Å². The average molecular weight is 349 g/mol. The van der Waals surface area contributed by atoms with Gasteiger partial charge in [0.05, 0.1) is 25.9 Å². The van der Waals surface area contributed by atoms with Crippen LogP contribution in [0.5, 0.6) is 0 Å². The predicted molar refractivity (Wildman–Crippen MR) is 80.9 cm³/mol. The van der Waals surface area contributed by atoms with Crippen LogP contribution in [0.2, 0.25) is 0 Å². The highest BCUT2D eigenvalue weighted by Gasteiger charge is 2.33. The van der Waals surface area contributed by atoms with E-state index < -0.39 is 27.2 Å². The zero-order chi connectivity index (χ0) is 17.5. The second kappa shape index (κ2) is 8.97. The van der Waals surface area contributed by atoms with Crippen LogP contribution >= 0.6 is 0 Å². The quantitative estimate of drug-likeness (QED) is 0.490. The van der Waals surface area contributed by atoms with Crippen LogP contribution in [0.4, 0.5) is 0 Å². The summed E-state index contributed by atoms with van der Waals surface area (Å²) in [5.41, 5.74) is 0. The van der Waals surface area contributed by atoms with Crippen molar-refractivity contribution in [3.8, 4) is 0 Å². The lowest BCUT2D eigenvalue weighted by molar-refractivity contribution is -0.144. The number of ketones is 1. The van der Waals surface area contributed by atoms with Gasteiger partial charge in [-0.05, 0) is 25.7 Å². The van der Waals surface area contributed by atoms with Crippen molar-refractivity contribution in [2.75, 3.05) is 20.8 Å². The second-order valence-corrected chi connectivity index (χ2v) is 7.50. The van der Waals surface area contributed by atoms with Crippen molar-refractivity contribution in [3.05, 3.63) is 0 Å². The average Bonchev–Trinajstić information content (AvgIpc) is 2.54. The third-order valence-corrected chi connectivity index (χ3v) is 5.93. The summed E-state index contributed by atoms with van der Waals surface area (Å²) in [5.74, 6) is -1.55. The van der Waals surface area contributed by atoms with E-state index in [-0.39, 0.29) is 31.1 Å². The molecule has 9 heteroatoms. The van der Waals surface area contributed by atoms with E-state index >= 15 is 0 Å². The van der Waals surface area contributed by atoms with Crippen LogP contribution in [-0.4, -0.2) is 52.2 Å². The summed E-state index contributed by atoms with van der Waals surface area (Å²) in [7, 11) is -1.06. The fourth-order valence-corrected chi connectivity index (χ4v) is 4.08. The van der Waals surface area contributed by atoms with Gasteiger partial charge in [-0.1, -0.05) is 0 Å². The van der Waals surface area contributed by atoms with Crippen LogP contribution in [0, 0.1) is 5.92 Å². The minimum Gasteiger partial charge on any atom is -0.469 e. The highest BCUT2D eigenvalue weighted by atomic mass is 32.2. The first-order valence-corrected chi connectivity index (χ1v) is 8.99. The largest absolute Gasteiger partial charge is 0.469 e. The molecule has 0 atom stereocenters. The maximum absolute atomic E-state index is 12.1. The highest BCUT2D eigenvalue weighted by Crippen LogP contribution is 2.29. The van der Waals surface area contributed by atoms with Crippen molar-refractivity contribution in [1.82, 2.24) is 4.72 Å². The van der Waals surface area contributed by atoms with Gasteiger partial charge in [0, 0.05) is 12.5 Å². The summed E-state index contributed by atoms with van der Waals surface area (Å²) in [6.45, 7) is -0.00376. The molecule has 0 unspecified atom stereocenters. The summed E-state index contributed by atoms with van der Waals surface area (Å²) >= 11 is 0. The van der Waals surface area contributed by atoms with E-state index in [1.54, 1.807) is 0 Å². The number of carbonyl (C=O) groups is 3.